The number of benzene rings is 1. The zero-order valence-electron chi connectivity index (χ0n) is 11.4. The summed E-state index contributed by atoms with van der Waals surface area (Å²) in [5.74, 6) is 1.42. The quantitative estimate of drug-likeness (QED) is 0.854. The lowest BCUT2D eigenvalue weighted by atomic mass is 9.92. The van der Waals surface area contributed by atoms with E-state index in [9.17, 15) is 0 Å². The zero-order valence-corrected chi connectivity index (χ0v) is 11.4. The fourth-order valence-electron chi connectivity index (χ4n) is 2.58. The second-order valence-electron chi connectivity index (χ2n) is 5.76. The highest BCUT2D eigenvalue weighted by atomic mass is 15.5. The monoisotopic (exact) mass is 257 g/mol. The molecule has 2 N–H and O–H groups in total. The Balaban J connectivity index is 1.94. The molecule has 100 valence electrons. The smallest absolute Gasteiger partial charge is 0.184 e. The Morgan fingerprint density at radius 2 is 2.05 bits per heavy atom. The highest BCUT2D eigenvalue weighted by molar-refractivity contribution is 5.70. The number of nitrogens with zero attached hydrogens (tertiary/aromatic N) is 4. The van der Waals surface area contributed by atoms with Crippen LogP contribution in [0.15, 0.2) is 24.3 Å². The van der Waals surface area contributed by atoms with Gasteiger partial charge in [-0.2, -0.15) is 0 Å². The van der Waals surface area contributed by atoms with Gasteiger partial charge in [-0.1, -0.05) is 26.0 Å². The van der Waals surface area contributed by atoms with E-state index in [-0.39, 0.29) is 0 Å². The number of para-hydroxylation sites is 1. The fourth-order valence-corrected chi connectivity index (χ4v) is 2.58. The van der Waals surface area contributed by atoms with Gasteiger partial charge in [-0.25, -0.2) is 4.68 Å². The van der Waals surface area contributed by atoms with Gasteiger partial charge < -0.3 is 5.73 Å². The van der Waals surface area contributed by atoms with E-state index in [1.54, 1.807) is 0 Å². The molecule has 0 spiro atoms. The predicted molar refractivity (Wildman–Crippen MR) is 74.2 cm³/mol. The number of tetrazole rings is 1. The average molecular weight is 257 g/mol. The standard InChI is InChI=1S/C14H19N5/c1-10(2)14(7-8-14)9-19-13(16-17-18-19)11-5-3-4-6-12(11)15/h3-6,10H,7-9,15H2,1-2H3. The highest BCUT2D eigenvalue weighted by Crippen LogP contribution is 2.53. The minimum absolute atomic E-state index is 0.369. The van der Waals surface area contributed by atoms with Crippen molar-refractivity contribution < 1.29 is 0 Å². The number of nitrogens with two attached hydrogens (primary N) is 1. The van der Waals surface area contributed by atoms with Gasteiger partial charge in [0, 0.05) is 11.3 Å². The van der Waals surface area contributed by atoms with Gasteiger partial charge in [0.15, 0.2) is 5.82 Å². The van der Waals surface area contributed by atoms with Crippen molar-refractivity contribution in [2.45, 2.75) is 33.2 Å². The van der Waals surface area contributed by atoms with E-state index in [1.807, 2.05) is 28.9 Å². The van der Waals surface area contributed by atoms with E-state index >= 15 is 0 Å². The van der Waals surface area contributed by atoms with Crippen LogP contribution in [0.1, 0.15) is 26.7 Å². The minimum atomic E-state index is 0.369. The Morgan fingerprint density at radius 3 is 2.68 bits per heavy atom. The van der Waals surface area contributed by atoms with Gasteiger partial charge in [-0.15, -0.1) is 5.10 Å². The molecular formula is C14H19N5. The molecule has 1 fully saturated rings. The molecule has 19 heavy (non-hydrogen) atoms. The maximum absolute atomic E-state index is 6.01. The first-order valence-corrected chi connectivity index (χ1v) is 6.73. The van der Waals surface area contributed by atoms with E-state index < -0.39 is 0 Å². The summed E-state index contributed by atoms with van der Waals surface area (Å²) in [6.07, 6.45) is 2.52. The first kappa shape index (κ1) is 12.1. The molecule has 0 aliphatic heterocycles. The second kappa shape index (κ2) is 4.33. The summed E-state index contributed by atoms with van der Waals surface area (Å²) in [6, 6.07) is 7.72. The van der Waals surface area contributed by atoms with Crippen molar-refractivity contribution in [3.05, 3.63) is 24.3 Å². The third-order valence-corrected chi connectivity index (χ3v) is 4.32. The van der Waals surface area contributed by atoms with Crippen molar-refractivity contribution in [2.75, 3.05) is 5.73 Å². The number of anilines is 1. The van der Waals surface area contributed by atoms with Crippen LogP contribution in [0.3, 0.4) is 0 Å². The summed E-state index contributed by atoms with van der Waals surface area (Å²) >= 11 is 0. The largest absolute Gasteiger partial charge is 0.398 e. The van der Waals surface area contributed by atoms with Crippen LogP contribution in [-0.4, -0.2) is 20.2 Å². The molecule has 1 aromatic carbocycles. The zero-order chi connectivity index (χ0) is 13.5. The first-order valence-electron chi connectivity index (χ1n) is 6.73. The van der Waals surface area contributed by atoms with Gasteiger partial charge in [0.1, 0.15) is 0 Å². The van der Waals surface area contributed by atoms with Gasteiger partial charge in [0.2, 0.25) is 0 Å². The Morgan fingerprint density at radius 1 is 1.32 bits per heavy atom. The molecule has 5 nitrogen and oxygen atoms in total. The van der Waals surface area contributed by atoms with Crippen molar-refractivity contribution in [1.82, 2.24) is 20.2 Å². The van der Waals surface area contributed by atoms with Gasteiger partial charge in [0.25, 0.3) is 0 Å². The average Bonchev–Trinajstić information content (AvgIpc) is 3.03. The molecule has 0 atom stereocenters. The van der Waals surface area contributed by atoms with Gasteiger partial charge in [-0.3, -0.25) is 0 Å². The Bertz CT molecular complexity index is 583. The molecule has 5 heteroatoms. The first-order chi connectivity index (χ1) is 9.12. The van der Waals surface area contributed by atoms with Crippen molar-refractivity contribution in [2.24, 2.45) is 11.3 Å². The van der Waals surface area contributed by atoms with Crippen LogP contribution in [-0.2, 0) is 6.54 Å². The molecule has 1 aliphatic carbocycles. The maximum Gasteiger partial charge on any atom is 0.184 e. The molecular weight excluding hydrogens is 238 g/mol. The molecule has 3 rings (SSSR count). The topological polar surface area (TPSA) is 69.6 Å². The van der Waals surface area contributed by atoms with Crippen LogP contribution in [0.2, 0.25) is 0 Å². The second-order valence-corrected chi connectivity index (χ2v) is 5.76. The van der Waals surface area contributed by atoms with E-state index in [1.165, 1.54) is 12.8 Å². The molecule has 0 unspecified atom stereocenters. The van der Waals surface area contributed by atoms with Crippen LogP contribution >= 0.6 is 0 Å². The van der Waals surface area contributed by atoms with Crippen molar-refractivity contribution in [3.8, 4) is 11.4 Å². The van der Waals surface area contributed by atoms with E-state index in [0.717, 1.165) is 17.9 Å². The van der Waals surface area contributed by atoms with Crippen molar-refractivity contribution in [3.63, 3.8) is 0 Å². The fraction of sp³-hybridized carbons (Fsp3) is 0.500. The van der Waals surface area contributed by atoms with Crippen molar-refractivity contribution in [1.29, 1.82) is 0 Å². The summed E-state index contributed by atoms with van der Waals surface area (Å²) < 4.78 is 1.90. The number of rotatable bonds is 4. The van der Waals surface area contributed by atoms with E-state index in [0.29, 0.717) is 17.0 Å². The molecule has 1 aromatic heterocycles. The molecule has 0 saturated heterocycles. The van der Waals surface area contributed by atoms with Gasteiger partial charge >= 0.3 is 0 Å². The third-order valence-electron chi connectivity index (χ3n) is 4.32. The minimum Gasteiger partial charge on any atom is -0.398 e. The normalized spacial score (nSPS) is 16.8. The lowest BCUT2D eigenvalue weighted by Gasteiger charge is -2.19. The number of hydrogen-bond acceptors (Lipinski definition) is 4. The summed E-state index contributed by atoms with van der Waals surface area (Å²) in [7, 11) is 0. The van der Waals surface area contributed by atoms with Crippen LogP contribution < -0.4 is 5.73 Å². The highest BCUT2D eigenvalue weighted by Gasteiger charge is 2.46. The van der Waals surface area contributed by atoms with E-state index in [2.05, 4.69) is 29.4 Å². The number of aromatic nitrogens is 4. The summed E-state index contributed by atoms with van der Waals surface area (Å²) in [6.45, 7) is 5.42. The number of nitrogen functional groups attached to an aromatic ring is 1. The molecule has 1 heterocycles. The summed E-state index contributed by atoms with van der Waals surface area (Å²) in [5, 5.41) is 12.1. The Kier molecular flexibility index (Phi) is 2.77. The molecule has 2 aromatic rings. The van der Waals surface area contributed by atoms with Crippen LogP contribution in [0.5, 0.6) is 0 Å². The van der Waals surface area contributed by atoms with E-state index in [4.69, 9.17) is 5.73 Å². The third kappa shape index (κ3) is 2.09. The van der Waals surface area contributed by atoms with Crippen LogP contribution in [0, 0.1) is 11.3 Å². The molecule has 0 bridgehead atoms. The van der Waals surface area contributed by atoms with Gasteiger partial charge in [-0.05, 0) is 46.7 Å². The van der Waals surface area contributed by atoms with Crippen molar-refractivity contribution >= 4 is 5.69 Å². The molecule has 0 radical (unpaired) electrons. The summed E-state index contributed by atoms with van der Waals surface area (Å²) in [5.41, 5.74) is 8.00. The molecule has 1 aliphatic rings. The predicted octanol–water partition coefficient (Wildman–Crippen LogP) is 2.36. The molecule has 1 saturated carbocycles. The van der Waals surface area contributed by atoms with Crippen LogP contribution in [0.25, 0.3) is 11.4 Å². The Labute approximate surface area is 112 Å². The number of hydrogen-bond donors (Lipinski definition) is 1. The maximum atomic E-state index is 6.01. The lowest BCUT2D eigenvalue weighted by molar-refractivity contribution is 0.294. The van der Waals surface area contributed by atoms with Crippen LogP contribution in [0.4, 0.5) is 5.69 Å². The lowest BCUT2D eigenvalue weighted by Crippen LogP contribution is -2.19. The van der Waals surface area contributed by atoms with Gasteiger partial charge in [0.05, 0.1) is 6.54 Å². The SMILES string of the molecule is CC(C)C1(Cn2nnnc2-c2ccccc2N)CC1. The Hall–Kier alpha value is -1.91. The molecule has 0 amide bonds. The summed E-state index contributed by atoms with van der Waals surface area (Å²) in [4.78, 5) is 0.